The molecule has 3 rings (SSSR count). The predicted molar refractivity (Wildman–Crippen MR) is 98.4 cm³/mol. The molecule has 1 aromatic heterocycles. The van der Waals surface area contributed by atoms with Crippen LogP contribution in [0.2, 0.25) is 0 Å². The van der Waals surface area contributed by atoms with Crippen molar-refractivity contribution >= 4 is 5.97 Å². The molecular formula is C20H21N3O3. The van der Waals surface area contributed by atoms with Crippen LogP contribution in [0.3, 0.4) is 0 Å². The fourth-order valence-electron chi connectivity index (χ4n) is 2.68. The van der Waals surface area contributed by atoms with E-state index >= 15 is 0 Å². The van der Waals surface area contributed by atoms with Gasteiger partial charge in [0, 0.05) is 5.56 Å². The second kappa shape index (κ2) is 7.82. The number of carbonyl (C=O) groups excluding carboxylic acids is 1. The van der Waals surface area contributed by atoms with Gasteiger partial charge in [-0.25, -0.2) is 4.79 Å². The number of ether oxygens (including phenoxy) is 2. The van der Waals surface area contributed by atoms with Crippen molar-refractivity contribution in [3.05, 3.63) is 59.8 Å². The summed E-state index contributed by atoms with van der Waals surface area (Å²) < 4.78 is 11.2. The minimum absolute atomic E-state index is 0.139. The first kappa shape index (κ1) is 17.7. The largest absolute Gasteiger partial charge is 0.461 e. The zero-order valence-electron chi connectivity index (χ0n) is 15.0. The summed E-state index contributed by atoms with van der Waals surface area (Å²) in [6.07, 6.45) is 0. The molecule has 0 unspecified atom stereocenters. The average Bonchev–Trinajstić information content (AvgIpc) is 3.12. The fourth-order valence-corrected chi connectivity index (χ4v) is 2.68. The molecule has 3 aromatic rings. The van der Waals surface area contributed by atoms with Crippen molar-refractivity contribution in [1.29, 1.82) is 0 Å². The molecule has 0 saturated carbocycles. The smallest absolute Gasteiger partial charge is 0.361 e. The number of hydrogen-bond acceptors (Lipinski definition) is 5. The molecule has 0 spiro atoms. The standard InChI is InChI=1S/C20H21N3O3/c1-4-25-20(24)19-18(21-23-22-19)15-10-6-8-12-17(15)26-16-11-7-5-9-14(16)13(2)3/h5-13H,4H2,1-3H3,(H,21,22,23). The number of hydrogen-bond donors (Lipinski definition) is 1. The number of aromatic amines is 1. The highest BCUT2D eigenvalue weighted by Gasteiger charge is 2.22. The highest BCUT2D eigenvalue weighted by atomic mass is 16.5. The van der Waals surface area contributed by atoms with Gasteiger partial charge in [0.05, 0.1) is 6.61 Å². The van der Waals surface area contributed by atoms with Gasteiger partial charge in [0.2, 0.25) is 0 Å². The molecule has 1 N–H and O–H groups in total. The lowest BCUT2D eigenvalue weighted by molar-refractivity contribution is 0.0520. The number of aromatic nitrogens is 3. The van der Waals surface area contributed by atoms with Crippen LogP contribution in [0.25, 0.3) is 11.3 Å². The third kappa shape index (κ3) is 3.59. The summed E-state index contributed by atoms with van der Waals surface area (Å²) in [4.78, 5) is 12.1. The van der Waals surface area contributed by atoms with Gasteiger partial charge in [-0.3, -0.25) is 0 Å². The van der Waals surface area contributed by atoms with Crippen molar-refractivity contribution in [3.8, 4) is 22.8 Å². The monoisotopic (exact) mass is 351 g/mol. The second-order valence-electron chi connectivity index (χ2n) is 6.03. The van der Waals surface area contributed by atoms with E-state index in [1.54, 1.807) is 6.92 Å². The summed E-state index contributed by atoms with van der Waals surface area (Å²) in [5.74, 6) is 1.17. The van der Waals surface area contributed by atoms with Gasteiger partial charge in [-0.05, 0) is 36.6 Å². The molecule has 0 aliphatic carbocycles. The van der Waals surface area contributed by atoms with Gasteiger partial charge in [0.1, 0.15) is 17.2 Å². The SMILES string of the molecule is CCOC(=O)c1n[nH]nc1-c1ccccc1Oc1ccccc1C(C)C. The fraction of sp³-hybridized carbons (Fsp3) is 0.250. The van der Waals surface area contributed by atoms with Crippen LogP contribution >= 0.6 is 0 Å². The van der Waals surface area contributed by atoms with E-state index < -0.39 is 5.97 Å². The zero-order chi connectivity index (χ0) is 18.5. The molecular weight excluding hydrogens is 330 g/mol. The van der Waals surface area contributed by atoms with Crippen molar-refractivity contribution in [1.82, 2.24) is 15.4 Å². The van der Waals surface area contributed by atoms with Gasteiger partial charge in [-0.2, -0.15) is 10.3 Å². The molecule has 26 heavy (non-hydrogen) atoms. The van der Waals surface area contributed by atoms with Crippen molar-refractivity contribution in [3.63, 3.8) is 0 Å². The molecule has 0 fully saturated rings. The highest BCUT2D eigenvalue weighted by molar-refractivity contribution is 5.94. The maximum Gasteiger partial charge on any atom is 0.361 e. The van der Waals surface area contributed by atoms with Crippen molar-refractivity contribution in [2.75, 3.05) is 6.61 Å². The highest BCUT2D eigenvalue weighted by Crippen LogP contribution is 2.36. The lowest BCUT2D eigenvalue weighted by atomic mass is 10.0. The quantitative estimate of drug-likeness (QED) is 0.659. The van der Waals surface area contributed by atoms with Gasteiger partial charge in [-0.1, -0.05) is 44.2 Å². The van der Waals surface area contributed by atoms with Gasteiger partial charge in [0.15, 0.2) is 5.69 Å². The van der Waals surface area contributed by atoms with Crippen molar-refractivity contribution in [2.24, 2.45) is 0 Å². The minimum Gasteiger partial charge on any atom is -0.461 e. The van der Waals surface area contributed by atoms with Crippen LogP contribution in [0.1, 0.15) is 42.7 Å². The molecule has 0 radical (unpaired) electrons. The Labute approximate surface area is 152 Å². The molecule has 1 heterocycles. The number of nitrogens with one attached hydrogen (secondary N) is 1. The van der Waals surface area contributed by atoms with Crippen molar-refractivity contribution in [2.45, 2.75) is 26.7 Å². The first-order chi connectivity index (χ1) is 12.6. The lowest BCUT2D eigenvalue weighted by Crippen LogP contribution is -2.07. The predicted octanol–water partition coefficient (Wildman–Crippen LogP) is 4.56. The van der Waals surface area contributed by atoms with Gasteiger partial charge in [0.25, 0.3) is 0 Å². The van der Waals surface area contributed by atoms with E-state index in [2.05, 4.69) is 29.3 Å². The first-order valence-electron chi connectivity index (χ1n) is 8.55. The van der Waals surface area contributed by atoms with E-state index in [1.807, 2.05) is 48.5 Å². The number of benzene rings is 2. The molecule has 0 saturated heterocycles. The van der Waals surface area contributed by atoms with Gasteiger partial charge in [-0.15, -0.1) is 5.10 Å². The molecule has 0 amide bonds. The van der Waals surface area contributed by atoms with Crippen LogP contribution < -0.4 is 4.74 Å². The number of H-pyrrole nitrogens is 1. The first-order valence-corrected chi connectivity index (χ1v) is 8.55. The normalized spacial score (nSPS) is 10.8. The van der Waals surface area contributed by atoms with E-state index in [4.69, 9.17) is 9.47 Å². The van der Waals surface area contributed by atoms with Crippen LogP contribution in [-0.4, -0.2) is 28.0 Å². The van der Waals surface area contributed by atoms with Crippen LogP contribution in [0.5, 0.6) is 11.5 Å². The maximum absolute atomic E-state index is 12.1. The Morgan fingerprint density at radius 2 is 1.73 bits per heavy atom. The van der Waals surface area contributed by atoms with Crippen LogP contribution in [0.4, 0.5) is 0 Å². The molecule has 134 valence electrons. The van der Waals surface area contributed by atoms with Gasteiger partial charge >= 0.3 is 5.97 Å². The van der Waals surface area contributed by atoms with Crippen LogP contribution in [-0.2, 0) is 4.74 Å². The summed E-state index contributed by atoms with van der Waals surface area (Å²) in [6.45, 7) is 6.25. The van der Waals surface area contributed by atoms with Crippen molar-refractivity contribution < 1.29 is 14.3 Å². The number of nitrogens with zero attached hydrogens (tertiary/aromatic N) is 2. The zero-order valence-corrected chi connectivity index (χ0v) is 15.0. The maximum atomic E-state index is 12.1. The number of carbonyl (C=O) groups is 1. The summed E-state index contributed by atoms with van der Waals surface area (Å²) in [7, 11) is 0. The summed E-state index contributed by atoms with van der Waals surface area (Å²) in [6, 6.07) is 15.3. The van der Waals surface area contributed by atoms with E-state index in [-0.39, 0.29) is 12.3 Å². The molecule has 0 aliphatic rings. The van der Waals surface area contributed by atoms with E-state index in [0.717, 1.165) is 11.3 Å². The molecule has 0 aliphatic heterocycles. The van der Waals surface area contributed by atoms with E-state index in [0.29, 0.717) is 22.9 Å². The molecule has 6 nitrogen and oxygen atoms in total. The molecule has 0 atom stereocenters. The third-order valence-electron chi connectivity index (χ3n) is 3.92. The topological polar surface area (TPSA) is 77.1 Å². The Kier molecular flexibility index (Phi) is 5.31. The Morgan fingerprint density at radius 3 is 2.46 bits per heavy atom. The van der Waals surface area contributed by atoms with Crippen LogP contribution in [0.15, 0.2) is 48.5 Å². The van der Waals surface area contributed by atoms with Crippen LogP contribution in [0, 0.1) is 0 Å². The molecule has 0 bridgehead atoms. The number of rotatable bonds is 6. The number of para-hydroxylation sites is 2. The molecule has 6 heteroatoms. The third-order valence-corrected chi connectivity index (χ3v) is 3.92. The van der Waals surface area contributed by atoms with E-state index in [1.165, 1.54) is 0 Å². The van der Waals surface area contributed by atoms with E-state index in [9.17, 15) is 4.79 Å². The summed E-state index contributed by atoms with van der Waals surface area (Å²) in [5.41, 5.74) is 2.32. The Morgan fingerprint density at radius 1 is 1.04 bits per heavy atom. The van der Waals surface area contributed by atoms with Gasteiger partial charge < -0.3 is 9.47 Å². The second-order valence-corrected chi connectivity index (χ2v) is 6.03. The number of esters is 1. The lowest BCUT2D eigenvalue weighted by Gasteiger charge is -2.15. The Balaban J connectivity index is 2.01. The Hall–Kier alpha value is -3.15. The Bertz CT molecular complexity index is 903. The summed E-state index contributed by atoms with van der Waals surface area (Å²) in [5, 5.41) is 10.6. The average molecular weight is 351 g/mol. The summed E-state index contributed by atoms with van der Waals surface area (Å²) >= 11 is 0. The molecule has 2 aromatic carbocycles. The minimum atomic E-state index is -0.520.